The fraction of sp³-hybridized carbons (Fsp3) is 0.588. The molecular weight excluding hydrogens is 250 g/mol. The van der Waals surface area contributed by atoms with Crippen molar-refractivity contribution in [2.45, 2.75) is 52.5 Å². The van der Waals surface area contributed by atoms with Crippen molar-refractivity contribution in [2.24, 2.45) is 11.3 Å². The third-order valence-corrected chi connectivity index (χ3v) is 4.78. The molecule has 20 heavy (non-hydrogen) atoms. The minimum atomic E-state index is -0.846. The number of benzene rings is 1. The van der Waals surface area contributed by atoms with Crippen LogP contribution in [0.5, 0.6) is 0 Å². The molecule has 2 rings (SSSR count). The summed E-state index contributed by atoms with van der Waals surface area (Å²) in [6, 6.07) is 7.89. The van der Waals surface area contributed by atoms with E-state index in [-0.39, 0.29) is 11.3 Å². The molecule has 0 aromatic heterocycles. The van der Waals surface area contributed by atoms with Gasteiger partial charge in [0.05, 0.1) is 0 Å². The monoisotopic (exact) mass is 275 g/mol. The Hall–Kier alpha value is -1.51. The van der Waals surface area contributed by atoms with Crippen molar-refractivity contribution >= 4 is 11.7 Å². The lowest BCUT2D eigenvalue weighted by Gasteiger charge is -2.46. The molecule has 2 atom stereocenters. The zero-order chi connectivity index (χ0) is 15.0. The standard InChI is InChI=1S/C17H25NO2/c1-12-7-5-6-8-14(12)18-17(15(19)20)10-9-16(3,4)11-13(17)2/h5-8,13,18H,9-11H2,1-4H3,(H,19,20). The van der Waals surface area contributed by atoms with E-state index in [4.69, 9.17) is 0 Å². The summed E-state index contributed by atoms with van der Waals surface area (Å²) in [5.74, 6) is -0.632. The normalized spacial score (nSPS) is 28.9. The highest BCUT2D eigenvalue weighted by molar-refractivity contribution is 5.84. The minimum Gasteiger partial charge on any atom is -0.479 e. The summed E-state index contributed by atoms with van der Waals surface area (Å²) in [6.45, 7) is 8.52. The first-order valence-corrected chi connectivity index (χ1v) is 7.34. The lowest BCUT2D eigenvalue weighted by Crippen LogP contribution is -2.55. The van der Waals surface area contributed by atoms with Gasteiger partial charge >= 0.3 is 5.97 Å². The molecule has 1 aromatic rings. The van der Waals surface area contributed by atoms with Gasteiger partial charge in [0.25, 0.3) is 0 Å². The van der Waals surface area contributed by atoms with Gasteiger partial charge in [-0.3, -0.25) is 0 Å². The van der Waals surface area contributed by atoms with Crippen molar-refractivity contribution < 1.29 is 9.90 Å². The number of hydrogen-bond donors (Lipinski definition) is 2. The van der Waals surface area contributed by atoms with Gasteiger partial charge in [0, 0.05) is 5.69 Å². The highest BCUT2D eigenvalue weighted by atomic mass is 16.4. The first-order chi connectivity index (χ1) is 9.27. The van der Waals surface area contributed by atoms with Gasteiger partial charge < -0.3 is 10.4 Å². The predicted molar refractivity (Wildman–Crippen MR) is 82.0 cm³/mol. The molecule has 0 aliphatic heterocycles. The van der Waals surface area contributed by atoms with Crippen LogP contribution < -0.4 is 5.32 Å². The molecule has 110 valence electrons. The third kappa shape index (κ3) is 2.67. The number of aliphatic carboxylic acids is 1. The van der Waals surface area contributed by atoms with Crippen LogP contribution in [0.1, 0.15) is 45.6 Å². The molecule has 1 fully saturated rings. The van der Waals surface area contributed by atoms with E-state index in [1.807, 2.05) is 31.2 Å². The quantitative estimate of drug-likeness (QED) is 0.874. The Balaban J connectivity index is 2.32. The number of anilines is 1. The number of hydrogen-bond acceptors (Lipinski definition) is 2. The van der Waals surface area contributed by atoms with E-state index in [0.717, 1.165) is 24.1 Å². The van der Waals surface area contributed by atoms with Gasteiger partial charge in [-0.2, -0.15) is 0 Å². The summed E-state index contributed by atoms with van der Waals surface area (Å²) < 4.78 is 0. The van der Waals surface area contributed by atoms with Gasteiger partial charge in [0.15, 0.2) is 0 Å². The zero-order valence-corrected chi connectivity index (χ0v) is 12.9. The Labute approximate surface area is 121 Å². The Kier molecular flexibility index (Phi) is 3.81. The van der Waals surface area contributed by atoms with Gasteiger partial charge in [0.2, 0.25) is 0 Å². The van der Waals surface area contributed by atoms with Crippen molar-refractivity contribution in [2.75, 3.05) is 5.32 Å². The first kappa shape index (κ1) is 14.9. The summed E-state index contributed by atoms with van der Waals surface area (Å²) in [6.07, 6.45) is 2.53. The van der Waals surface area contributed by atoms with Crippen molar-refractivity contribution in [1.29, 1.82) is 0 Å². The van der Waals surface area contributed by atoms with Crippen LogP contribution in [0.25, 0.3) is 0 Å². The van der Waals surface area contributed by atoms with Gasteiger partial charge in [-0.05, 0) is 49.1 Å². The average molecular weight is 275 g/mol. The van der Waals surface area contributed by atoms with Gasteiger partial charge in [0.1, 0.15) is 5.54 Å². The highest BCUT2D eigenvalue weighted by Gasteiger charge is 2.49. The molecule has 2 N–H and O–H groups in total. The van der Waals surface area contributed by atoms with Gasteiger partial charge in [-0.1, -0.05) is 39.0 Å². The van der Waals surface area contributed by atoms with E-state index in [1.165, 1.54) is 0 Å². The maximum absolute atomic E-state index is 12.0. The number of aryl methyl sites for hydroxylation is 1. The van der Waals surface area contributed by atoms with Crippen molar-refractivity contribution in [3.8, 4) is 0 Å². The summed E-state index contributed by atoms with van der Waals surface area (Å²) in [4.78, 5) is 12.0. The number of carboxylic acids is 1. The number of para-hydroxylation sites is 1. The Bertz CT molecular complexity index is 509. The summed E-state index contributed by atoms with van der Waals surface area (Å²) >= 11 is 0. The average Bonchev–Trinajstić information content (AvgIpc) is 2.34. The lowest BCUT2D eigenvalue weighted by molar-refractivity contribution is -0.146. The largest absolute Gasteiger partial charge is 0.479 e. The minimum absolute atomic E-state index is 0.100. The molecule has 1 aliphatic carbocycles. The summed E-state index contributed by atoms with van der Waals surface area (Å²) in [5, 5.41) is 13.2. The second kappa shape index (κ2) is 5.12. The fourth-order valence-electron chi connectivity index (χ4n) is 3.40. The van der Waals surface area contributed by atoms with E-state index >= 15 is 0 Å². The Morgan fingerprint density at radius 3 is 2.50 bits per heavy atom. The van der Waals surface area contributed by atoms with Crippen LogP contribution in [0.2, 0.25) is 0 Å². The predicted octanol–water partition coefficient (Wildman–Crippen LogP) is 4.08. The maximum Gasteiger partial charge on any atom is 0.329 e. The van der Waals surface area contributed by atoms with Crippen LogP contribution in [0.3, 0.4) is 0 Å². The Morgan fingerprint density at radius 2 is 1.95 bits per heavy atom. The molecule has 0 amide bonds. The van der Waals surface area contributed by atoms with E-state index in [1.54, 1.807) is 0 Å². The smallest absolute Gasteiger partial charge is 0.329 e. The molecule has 0 radical (unpaired) electrons. The maximum atomic E-state index is 12.0. The molecule has 0 heterocycles. The number of nitrogens with one attached hydrogen (secondary N) is 1. The van der Waals surface area contributed by atoms with Crippen molar-refractivity contribution in [3.63, 3.8) is 0 Å². The van der Waals surface area contributed by atoms with Crippen LogP contribution in [-0.2, 0) is 4.79 Å². The van der Waals surface area contributed by atoms with Crippen molar-refractivity contribution in [3.05, 3.63) is 29.8 Å². The number of rotatable bonds is 3. The van der Waals surface area contributed by atoms with Crippen LogP contribution >= 0.6 is 0 Å². The SMILES string of the molecule is Cc1ccccc1NC1(C(=O)O)CCC(C)(C)CC1C. The summed E-state index contributed by atoms with van der Waals surface area (Å²) in [7, 11) is 0. The fourth-order valence-corrected chi connectivity index (χ4v) is 3.40. The van der Waals surface area contributed by atoms with Crippen LogP contribution in [0, 0.1) is 18.3 Å². The van der Waals surface area contributed by atoms with E-state index in [0.29, 0.717) is 6.42 Å². The molecule has 1 aliphatic rings. The van der Waals surface area contributed by atoms with Crippen LogP contribution in [0.15, 0.2) is 24.3 Å². The van der Waals surface area contributed by atoms with Gasteiger partial charge in [-0.25, -0.2) is 4.79 Å². The van der Waals surface area contributed by atoms with E-state index in [2.05, 4.69) is 26.1 Å². The second-order valence-electron chi connectivity index (χ2n) is 6.99. The molecule has 3 nitrogen and oxygen atoms in total. The summed E-state index contributed by atoms with van der Waals surface area (Å²) in [5.41, 5.74) is 1.40. The molecule has 0 saturated heterocycles. The first-order valence-electron chi connectivity index (χ1n) is 7.34. The Morgan fingerprint density at radius 1 is 1.30 bits per heavy atom. The highest BCUT2D eigenvalue weighted by Crippen LogP contribution is 2.45. The van der Waals surface area contributed by atoms with Crippen LogP contribution in [-0.4, -0.2) is 16.6 Å². The lowest BCUT2D eigenvalue weighted by atomic mass is 9.63. The third-order valence-electron chi connectivity index (χ3n) is 4.78. The molecule has 0 spiro atoms. The molecule has 0 bridgehead atoms. The molecular formula is C17H25NO2. The molecule has 1 saturated carbocycles. The number of carbonyl (C=O) groups is 1. The zero-order valence-electron chi connectivity index (χ0n) is 12.9. The number of carboxylic acid groups (broad SMARTS) is 1. The second-order valence-corrected chi connectivity index (χ2v) is 6.99. The van der Waals surface area contributed by atoms with E-state index in [9.17, 15) is 9.90 Å². The molecule has 2 unspecified atom stereocenters. The van der Waals surface area contributed by atoms with Crippen LogP contribution in [0.4, 0.5) is 5.69 Å². The van der Waals surface area contributed by atoms with Gasteiger partial charge in [-0.15, -0.1) is 0 Å². The topological polar surface area (TPSA) is 49.3 Å². The molecule has 1 aromatic carbocycles. The molecule has 3 heteroatoms. The van der Waals surface area contributed by atoms with Crippen molar-refractivity contribution in [1.82, 2.24) is 0 Å². The van der Waals surface area contributed by atoms with E-state index < -0.39 is 11.5 Å².